The van der Waals surface area contributed by atoms with Gasteiger partial charge in [0.2, 0.25) is 0 Å². The summed E-state index contributed by atoms with van der Waals surface area (Å²) >= 11 is 0. The first kappa shape index (κ1) is 19.4. The molecule has 0 aliphatic carbocycles. The minimum absolute atomic E-state index is 0.0763. The smallest absolute Gasteiger partial charge is 0.277 e. The largest absolute Gasteiger partial charge is 0.295 e. The zero-order valence-corrected chi connectivity index (χ0v) is 15.9. The van der Waals surface area contributed by atoms with Crippen LogP contribution in [0.2, 0.25) is 0 Å². The highest BCUT2D eigenvalue weighted by atomic mass is 32.2. The first-order chi connectivity index (χ1) is 11.4. The van der Waals surface area contributed by atoms with Gasteiger partial charge in [0.05, 0.1) is 0 Å². The summed E-state index contributed by atoms with van der Waals surface area (Å²) in [6.45, 7) is 8.16. The number of rotatable bonds is 7. The number of nitrogens with one attached hydrogen (secondary N) is 2. The molecule has 1 aromatic carbocycles. The summed E-state index contributed by atoms with van der Waals surface area (Å²) in [7, 11) is -3.47. The maximum absolute atomic E-state index is 12.1. The van der Waals surface area contributed by atoms with E-state index in [0.29, 0.717) is 6.54 Å². The lowest BCUT2D eigenvalue weighted by Crippen LogP contribution is -2.44. The Balaban J connectivity index is 2.14. The van der Waals surface area contributed by atoms with Crippen LogP contribution in [-0.2, 0) is 10.2 Å². The fraction of sp³-hybridized carbons (Fsp3) is 0.667. The number of nitrogens with zero attached hydrogens (tertiary/aromatic N) is 1. The molecule has 1 unspecified atom stereocenters. The van der Waals surface area contributed by atoms with Gasteiger partial charge in [0.15, 0.2) is 0 Å². The van der Waals surface area contributed by atoms with Gasteiger partial charge >= 0.3 is 0 Å². The molecule has 1 heterocycles. The third-order valence-corrected chi connectivity index (χ3v) is 5.73. The standard InChI is InChI=1S/C18H31N3O2S/c1-15(2)20-24(22,23)19-14-18(17-10-8-16(3)9-11-17)21-12-6-4-5-7-13-21/h8-11,15,18-20H,4-7,12-14H2,1-3H3. The van der Waals surface area contributed by atoms with Crippen LogP contribution in [0.1, 0.15) is 56.7 Å². The van der Waals surface area contributed by atoms with E-state index in [0.717, 1.165) is 13.1 Å². The third kappa shape index (κ3) is 6.16. The molecule has 1 saturated heterocycles. The Hall–Kier alpha value is -0.950. The van der Waals surface area contributed by atoms with Crippen LogP contribution in [0.3, 0.4) is 0 Å². The summed E-state index contributed by atoms with van der Waals surface area (Å²) in [5, 5.41) is 0. The Labute approximate surface area is 147 Å². The maximum atomic E-state index is 12.1. The highest BCUT2D eigenvalue weighted by Crippen LogP contribution is 2.24. The van der Waals surface area contributed by atoms with E-state index < -0.39 is 10.2 Å². The summed E-state index contributed by atoms with van der Waals surface area (Å²) in [5.41, 5.74) is 2.39. The molecule has 0 aromatic heterocycles. The van der Waals surface area contributed by atoms with E-state index in [1.807, 2.05) is 13.8 Å². The van der Waals surface area contributed by atoms with Gasteiger partial charge < -0.3 is 0 Å². The molecule has 5 nitrogen and oxygen atoms in total. The van der Waals surface area contributed by atoms with Crippen molar-refractivity contribution in [1.82, 2.24) is 14.3 Å². The molecular formula is C18H31N3O2S. The Morgan fingerprint density at radius 1 is 1.04 bits per heavy atom. The van der Waals surface area contributed by atoms with E-state index >= 15 is 0 Å². The van der Waals surface area contributed by atoms with Crippen LogP contribution in [0.4, 0.5) is 0 Å². The van der Waals surface area contributed by atoms with Crippen molar-refractivity contribution in [2.45, 2.75) is 58.5 Å². The predicted molar refractivity (Wildman–Crippen MR) is 99.2 cm³/mol. The molecule has 0 radical (unpaired) electrons. The minimum Gasteiger partial charge on any atom is -0.295 e. The van der Waals surface area contributed by atoms with Crippen molar-refractivity contribution in [2.24, 2.45) is 0 Å². The van der Waals surface area contributed by atoms with E-state index in [2.05, 4.69) is 45.5 Å². The number of hydrogen-bond acceptors (Lipinski definition) is 3. The highest BCUT2D eigenvalue weighted by molar-refractivity contribution is 7.87. The van der Waals surface area contributed by atoms with Crippen LogP contribution < -0.4 is 9.44 Å². The average molecular weight is 354 g/mol. The van der Waals surface area contributed by atoms with Crippen LogP contribution in [-0.4, -0.2) is 39.0 Å². The van der Waals surface area contributed by atoms with Crippen molar-refractivity contribution < 1.29 is 8.42 Å². The van der Waals surface area contributed by atoms with Crippen LogP contribution in [0, 0.1) is 6.92 Å². The Morgan fingerprint density at radius 2 is 1.62 bits per heavy atom. The maximum Gasteiger partial charge on any atom is 0.277 e. The lowest BCUT2D eigenvalue weighted by molar-refractivity contribution is 0.206. The van der Waals surface area contributed by atoms with E-state index in [9.17, 15) is 8.42 Å². The van der Waals surface area contributed by atoms with Crippen molar-refractivity contribution >= 4 is 10.2 Å². The second kappa shape index (κ2) is 8.94. The zero-order valence-electron chi connectivity index (χ0n) is 15.1. The van der Waals surface area contributed by atoms with Crippen LogP contribution in [0.25, 0.3) is 0 Å². The average Bonchev–Trinajstić information content (AvgIpc) is 2.77. The van der Waals surface area contributed by atoms with E-state index in [-0.39, 0.29) is 12.1 Å². The fourth-order valence-corrected chi connectivity index (χ4v) is 4.28. The Morgan fingerprint density at radius 3 is 2.17 bits per heavy atom. The molecule has 1 aromatic rings. The lowest BCUT2D eigenvalue weighted by atomic mass is 10.0. The summed E-state index contributed by atoms with van der Waals surface area (Å²) in [5.74, 6) is 0. The number of aryl methyl sites for hydroxylation is 1. The second-order valence-corrected chi connectivity index (χ2v) is 8.53. The van der Waals surface area contributed by atoms with Crippen LogP contribution in [0.15, 0.2) is 24.3 Å². The van der Waals surface area contributed by atoms with Gasteiger partial charge in [0.25, 0.3) is 10.2 Å². The fourth-order valence-electron chi connectivity index (χ4n) is 3.19. The lowest BCUT2D eigenvalue weighted by Gasteiger charge is -2.31. The van der Waals surface area contributed by atoms with E-state index in [1.165, 1.54) is 36.8 Å². The molecule has 24 heavy (non-hydrogen) atoms. The monoisotopic (exact) mass is 353 g/mol. The topological polar surface area (TPSA) is 61.4 Å². The molecule has 136 valence electrons. The summed E-state index contributed by atoms with van der Waals surface area (Å²) in [6, 6.07) is 8.40. The van der Waals surface area contributed by atoms with Gasteiger partial charge in [-0.3, -0.25) is 4.90 Å². The third-order valence-electron chi connectivity index (χ3n) is 4.40. The van der Waals surface area contributed by atoms with Gasteiger partial charge in [0.1, 0.15) is 0 Å². The predicted octanol–water partition coefficient (Wildman–Crippen LogP) is 2.74. The number of likely N-dealkylation sites (tertiary alicyclic amines) is 1. The van der Waals surface area contributed by atoms with E-state index in [1.54, 1.807) is 0 Å². The van der Waals surface area contributed by atoms with Crippen molar-refractivity contribution in [3.63, 3.8) is 0 Å². The first-order valence-electron chi connectivity index (χ1n) is 8.95. The Bertz CT molecular complexity index is 591. The molecule has 2 rings (SSSR count). The molecule has 1 fully saturated rings. The van der Waals surface area contributed by atoms with Gasteiger partial charge in [-0.1, -0.05) is 42.7 Å². The molecule has 0 saturated carbocycles. The molecular weight excluding hydrogens is 322 g/mol. The molecule has 1 atom stereocenters. The Kier molecular flexibility index (Phi) is 7.22. The van der Waals surface area contributed by atoms with Gasteiger partial charge in [-0.15, -0.1) is 0 Å². The SMILES string of the molecule is Cc1ccc(C(CNS(=O)(=O)NC(C)C)N2CCCCCC2)cc1. The molecule has 1 aliphatic rings. The number of benzene rings is 1. The molecule has 0 bridgehead atoms. The van der Waals surface area contributed by atoms with Gasteiger partial charge in [-0.2, -0.15) is 13.1 Å². The van der Waals surface area contributed by atoms with Gasteiger partial charge in [0, 0.05) is 18.6 Å². The zero-order chi connectivity index (χ0) is 17.6. The van der Waals surface area contributed by atoms with Crippen LogP contribution >= 0.6 is 0 Å². The van der Waals surface area contributed by atoms with E-state index in [4.69, 9.17) is 0 Å². The minimum atomic E-state index is -3.47. The van der Waals surface area contributed by atoms with Crippen LogP contribution in [0.5, 0.6) is 0 Å². The molecule has 6 heteroatoms. The normalized spacial score (nSPS) is 18.5. The first-order valence-corrected chi connectivity index (χ1v) is 10.4. The van der Waals surface area contributed by atoms with Crippen molar-refractivity contribution in [3.8, 4) is 0 Å². The van der Waals surface area contributed by atoms with Crippen molar-refractivity contribution in [3.05, 3.63) is 35.4 Å². The summed E-state index contributed by atoms with van der Waals surface area (Å²) in [6.07, 6.45) is 4.88. The van der Waals surface area contributed by atoms with Crippen molar-refractivity contribution in [2.75, 3.05) is 19.6 Å². The highest BCUT2D eigenvalue weighted by Gasteiger charge is 2.23. The number of hydrogen-bond donors (Lipinski definition) is 2. The summed E-state index contributed by atoms with van der Waals surface area (Å²) in [4.78, 5) is 2.43. The summed E-state index contributed by atoms with van der Waals surface area (Å²) < 4.78 is 29.6. The molecule has 1 aliphatic heterocycles. The quantitative estimate of drug-likeness (QED) is 0.792. The molecule has 0 spiro atoms. The van der Waals surface area contributed by atoms with Gasteiger partial charge in [-0.25, -0.2) is 4.72 Å². The molecule has 0 amide bonds. The second-order valence-electron chi connectivity index (χ2n) is 7.00. The molecule has 2 N–H and O–H groups in total. The van der Waals surface area contributed by atoms with Crippen molar-refractivity contribution in [1.29, 1.82) is 0 Å². The van der Waals surface area contributed by atoms with Gasteiger partial charge in [-0.05, 0) is 52.3 Å².